The number of carbonyl (C=O) groups excluding carboxylic acids is 3. The molecular formula is C16H27N3O4. The summed E-state index contributed by atoms with van der Waals surface area (Å²) in [5, 5.41) is 2.54. The summed E-state index contributed by atoms with van der Waals surface area (Å²) in [7, 11) is 1.64. The molecule has 23 heavy (non-hydrogen) atoms. The Labute approximate surface area is 137 Å². The van der Waals surface area contributed by atoms with Gasteiger partial charge < -0.3 is 19.9 Å². The van der Waals surface area contributed by atoms with Gasteiger partial charge in [-0.3, -0.25) is 14.4 Å². The molecule has 3 amide bonds. The number of ether oxygens (including phenoxy) is 1. The van der Waals surface area contributed by atoms with E-state index in [-0.39, 0.29) is 29.7 Å². The van der Waals surface area contributed by atoms with Gasteiger partial charge in [0.1, 0.15) is 0 Å². The molecule has 0 aromatic rings. The lowest BCUT2D eigenvalue weighted by molar-refractivity contribution is -0.137. The molecule has 2 saturated heterocycles. The zero-order valence-electron chi connectivity index (χ0n) is 14.1. The van der Waals surface area contributed by atoms with Crippen LogP contribution in [0.1, 0.15) is 32.6 Å². The third kappa shape index (κ3) is 4.22. The van der Waals surface area contributed by atoms with Gasteiger partial charge in [-0.2, -0.15) is 0 Å². The van der Waals surface area contributed by atoms with Gasteiger partial charge in [0, 0.05) is 40.2 Å². The second-order valence-corrected chi connectivity index (χ2v) is 6.46. The van der Waals surface area contributed by atoms with Gasteiger partial charge in [0.25, 0.3) is 0 Å². The lowest BCUT2D eigenvalue weighted by atomic mass is 9.79. The molecule has 130 valence electrons. The Hall–Kier alpha value is -1.63. The summed E-state index contributed by atoms with van der Waals surface area (Å²) in [4.78, 5) is 39.5. The Bertz CT molecular complexity index is 468. The van der Waals surface area contributed by atoms with Crippen molar-refractivity contribution in [1.82, 2.24) is 15.1 Å². The topological polar surface area (TPSA) is 79.0 Å². The number of amides is 3. The summed E-state index contributed by atoms with van der Waals surface area (Å²) in [5.74, 6) is -0.0611. The molecule has 7 nitrogen and oxygen atoms in total. The lowest BCUT2D eigenvalue weighted by Gasteiger charge is -2.26. The van der Waals surface area contributed by atoms with Crippen LogP contribution in [0.25, 0.3) is 0 Å². The third-order valence-electron chi connectivity index (χ3n) is 4.95. The van der Waals surface area contributed by atoms with Crippen molar-refractivity contribution in [3.63, 3.8) is 0 Å². The average Bonchev–Trinajstić information content (AvgIpc) is 2.71. The predicted molar refractivity (Wildman–Crippen MR) is 84.6 cm³/mol. The van der Waals surface area contributed by atoms with Crippen LogP contribution in [-0.2, 0) is 19.1 Å². The van der Waals surface area contributed by atoms with Gasteiger partial charge in [0.15, 0.2) is 0 Å². The molecule has 2 heterocycles. The zero-order valence-corrected chi connectivity index (χ0v) is 14.1. The summed E-state index contributed by atoms with van der Waals surface area (Å²) in [6, 6.07) is 0. The largest absolute Gasteiger partial charge is 0.383 e. The summed E-state index contributed by atoms with van der Waals surface area (Å²) in [6.45, 7) is 4.66. The van der Waals surface area contributed by atoms with Gasteiger partial charge >= 0.3 is 0 Å². The lowest BCUT2D eigenvalue weighted by Crippen LogP contribution is -2.41. The maximum Gasteiger partial charge on any atom is 0.241 e. The second kappa shape index (κ2) is 7.77. The van der Waals surface area contributed by atoms with Gasteiger partial charge in [-0.25, -0.2) is 0 Å². The molecule has 1 N–H and O–H groups in total. The zero-order chi connectivity index (χ0) is 16.9. The molecule has 1 atom stereocenters. The van der Waals surface area contributed by atoms with Gasteiger partial charge in [-0.1, -0.05) is 0 Å². The Morgan fingerprint density at radius 2 is 1.96 bits per heavy atom. The molecule has 0 aromatic carbocycles. The number of rotatable bonds is 5. The first-order valence-corrected chi connectivity index (χ1v) is 8.29. The van der Waals surface area contributed by atoms with Crippen molar-refractivity contribution in [2.75, 3.05) is 46.4 Å². The molecule has 0 bridgehead atoms. The van der Waals surface area contributed by atoms with E-state index in [0.29, 0.717) is 32.7 Å². The highest BCUT2D eigenvalue weighted by Crippen LogP contribution is 2.41. The van der Waals surface area contributed by atoms with E-state index >= 15 is 0 Å². The standard InChI is InChI=1S/C16H27N3O4/c1-13(20)17-12-14(21)18-7-3-4-16(5-8-18)6-9-19(15(16)22)10-11-23-2/h3-12H2,1-2H3,(H,17,20). The van der Waals surface area contributed by atoms with Crippen molar-refractivity contribution in [2.24, 2.45) is 5.41 Å². The quantitative estimate of drug-likeness (QED) is 0.772. The molecule has 1 spiro atoms. The van der Waals surface area contributed by atoms with Crippen LogP contribution < -0.4 is 5.32 Å². The predicted octanol–water partition coefficient (Wildman–Crippen LogP) is 0.000100. The Kier molecular flexibility index (Phi) is 5.98. The molecule has 0 radical (unpaired) electrons. The summed E-state index contributed by atoms with van der Waals surface area (Å²) < 4.78 is 5.07. The summed E-state index contributed by atoms with van der Waals surface area (Å²) in [5.41, 5.74) is -0.309. The fourth-order valence-electron chi connectivity index (χ4n) is 3.53. The van der Waals surface area contributed by atoms with Gasteiger partial charge in [-0.05, 0) is 25.7 Å². The maximum atomic E-state index is 12.7. The monoisotopic (exact) mass is 325 g/mol. The number of likely N-dealkylation sites (tertiary alicyclic amines) is 2. The highest BCUT2D eigenvalue weighted by molar-refractivity contribution is 5.86. The second-order valence-electron chi connectivity index (χ2n) is 6.46. The van der Waals surface area contributed by atoms with Gasteiger partial charge in [-0.15, -0.1) is 0 Å². The molecule has 0 aromatic heterocycles. The number of nitrogens with zero attached hydrogens (tertiary/aromatic N) is 2. The molecule has 2 fully saturated rings. The maximum absolute atomic E-state index is 12.7. The Balaban J connectivity index is 1.92. The van der Waals surface area contributed by atoms with Crippen LogP contribution in [-0.4, -0.2) is 74.0 Å². The number of hydrogen-bond donors (Lipinski definition) is 1. The first kappa shape index (κ1) is 17.7. The van der Waals surface area contributed by atoms with E-state index in [1.165, 1.54) is 6.92 Å². The van der Waals surface area contributed by atoms with Crippen molar-refractivity contribution in [1.29, 1.82) is 0 Å². The van der Waals surface area contributed by atoms with Crippen molar-refractivity contribution >= 4 is 17.7 Å². The van der Waals surface area contributed by atoms with E-state index in [1.807, 2.05) is 4.90 Å². The van der Waals surface area contributed by atoms with Crippen molar-refractivity contribution in [3.8, 4) is 0 Å². The van der Waals surface area contributed by atoms with Crippen LogP contribution in [0.3, 0.4) is 0 Å². The van der Waals surface area contributed by atoms with Gasteiger partial charge in [0.2, 0.25) is 17.7 Å². The number of hydrogen-bond acceptors (Lipinski definition) is 4. The molecule has 2 rings (SSSR count). The molecule has 2 aliphatic rings. The van der Waals surface area contributed by atoms with E-state index < -0.39 is 0 Å². The minimum atomic E-state index is -0.309. The molecule has 0 aliphatic carbocycles. The molecule has 0 saturated carbocycles. The normalized spacial score (nSPS) is 24.9. The summed E-state index contributed by atoms with van der Waals surface area (Å²) in [6.07, 6.45) is 3.24. The van der Waals surface area contributed by atoms with E-state index in [1.54, 1.807) is 12.0 Å². The average molecular weight is 325 g/mol. The third-order valence-corrected chi connectivity index (χ3v) is 4.95. The first-order valence-electron chi connectivity index (χ1n) is 8.29. The minimum Gasteiger partial charge on any atom is -0.383 e. The molecule has 7 heteroatoms. The van der Waals surface area contributed by atoms with Crippen molar-refractivity contribution in [2.45, 2.75) is 32.6 Å². The van der Waals surface area contributed by atoms with Crippen LogP contribution in [0.4, 0.5) is 0 Å². The highest BCUT2D eigenvalue weighted by Gasteiger charge is 2.46. The highest BCUT2D eigenvalue weighted by atomic mass is 16.5. The Morgan fingerprint density at radius 1 is 1.22 bits per heavy atom. The van der Waals surface area contributed by atoms with Crippen LogP contribution in [0.5, 0.6) is 0 Å². The number of methoxy groups -OCH3 is 1. The van der Waals surface area contributed by atoms with Crippen molar-refractivity contribution < 1.29 is 19.1 Å². The number of carbonyl (C=O) groups is 3. The van der Waals surface area contributed by atoms with E-state index in [2.05, 4.69) is 5.32 Å². The minimum absolute atomic E-state index is 0.0379. The van der Waals surface area contributed by atoms with E-state index in [4.69, 9.17) is 4.74 Å². The van der Waals surface area contributed by atoms with Crippen LogP contribution in [0, 0.1) is 5.41 Å². The van der Waals surface area contributed by atoms with Crippen LogP contribution >= 0.6 is 0 Å². The fraction of sp³-hybridized carbons (Fsp3) is 0.812. The Morgan fingerprint density at radius 3 is 2.65 bits per heavy atom. The molecular weight excluding hydrogens is 298 g/mol. The number of nitrogens with one attached hydrogen (secondary N) is 1. The summed E-state index contributed by atoms with van der Waals surface area (Å²) >= 11 is 0. The van der Waals surface area contributed by atoms with Crippen LogP contribution in [0.2, 0.25) is 0 Å². The first-order chi connectivity index (χ1) is 11.0. The smallest absolute Gasteiger partial charge is 0.241 e. The van der Waals surface area contributed by atoms with E-state index in [0.717, 1.165) is 25.8 Å². The molecule has 2 aliphatic heterocycles. The molecule has 1 unspecified atom stereocenters. The SMILES string of the molecule is COCCN1CCC2(CCCN(C(=O)CNC(C)=O)CC2)C1=O. The van der Waals surface area contributed by atoms with Crippen molar-refractivity contribution in [3.05, 3.63) is 0 Å². The fourth-order valence-corrected chi connectivity index (χ4v) is 3.53. The van der Waals surface area contributed by atoms with Crippen LogP contribution in [0.15, 0.2) is 0 Å². The van der Waals surface area contributed by atoms with E-state index in [9.17, 15) is 14.4 Å². The van der Waals surface area contributed by atoms with Gasteiger partial charge in [0.05, 0.1) is 18.6 Å².